The molecule has 0 aromatic heterocycles. The minimum atomic E-state index is 0.104. The average Bonchev–Trinajstić information content (AvgIpc) is 2.42. The zero-order valence-electron chi connectivity index (χ0n) is 10.5. The fourth-order valence-electron chi connectivity index (χ4n) is 1.61. The standard InChI is InChI=1S/C14H15N3O2/c1-9-2-7-13(12(18)8-9)19-11-5-3-10(4-6-11)14(15)17-16/h2-8,18H,16H2,1H3,(H2,15,17). The van der Waals surface area contributed by atoms with Gasteiger partial charge in [-0.05, 0) is 48.9 Å². The molecule has 0 saturated carbocycles. The van der Waals surface area contributed by atoms with E-state index >= 15 is 0 Å². The van der Waals surface area contributed by atoms with E-state index in [1.165, 1.54) is 0 Å². The highest BCUT2D eigenvalue weighted by Gasteiger charge is 2.04. The third-order valence-corrected chi connectivity index (χ3v) is 2.63. The number of aromatic hydroxyl groups is 1. The summed E-state index contributed by atoms with van der Waals surface area (Å²) >= 11 is 0. The Morgan fingerprint density at radius 3 is 2.42 bits per heavy atom. The van der Waals surface area contributed by atoms with E-state index in [1.54, 1.807) is 36.4 Å². The van der Waals surface area contributed by atoms with Gasteiger partial charge in [-0.3, -0.25) is 0 Å². The van der Waals surface area contributed by atoms with Crippen LogP contribution in [0, 0.1) is 6.92 Å². The van der Waals surface area contributed by atoms with Gasteiger partial charge in [-0.1, -0.05) is 6.07 Å². The lowest BCUT2D eigenvalue weighted by molar-refractivity contribution is 0.411. The van der Waals surface area contributed by atoms with Crippen LogP contribution in [0.25, 0.3) is 0 Å². The summed E-state index contributed by atoms with van der Waals surface area (Å²) in [5.74, 6) is 6.45. The number of amidine groups is 1. The molecule has 19 heavy (non-hydrogen) atoms. The summed E-state index contributed by atoms with van der Waals surface area (Å²) in [6.07, 6.45) is 0. The second-order valence-corrected chi connectivity index (χ2v) is 4.11. The van der Waals surface area contributed by atoms with E-state index in [1.807, 2.05) is 13.0 Å². The Balaban J connectivity index is 2.20. The van der Waals surface area contributed by atoms with Crippen LogP contribution in [-0.2, 0) is 0 Å². The zero-order valence-corrected chi connectivity index (χ0v) is 10.5. The average molecular weight is 257 g/mol. The molecule has 2 aromatic rings. The molecule has 98 valence electrons. The molecule has 0 amide bonds. The molecular formula is C14H15N3O2. The Morgan fingerprint density at radius 1 is 1.16 bits per heavy atom. The lowest BCUT2D eigenvalue weighted by atomic mass is 10.2. The maximum Gasteiger partial charge on any atom is 0.169 e. The van der Waals surface area contributed by atoms with Crippen molar-refractivity contribution in [2.75, 3.05) is 0 Å². The Kier molecular flexibility index (Phi) is 3.56. The highest BCUT2D eigenvalue weighted by atomic mass is 16.5. The molecule has 0 aliphatic heterocycles. The summed E-state index contributed by atoms with van der Waals surface area (Å²) in [6.45, 7) is 1.90. The number of hydrogen-bond donors (Lipinski definition) is 3. The van der Waals surface area contributed by atoms with Gasteiger partial charge in [0.05, 0.1) is 0 Å². The minimum absolute atomic E-state index is 0.104. The van der Waals surface area contributed by atoms with E-state index in [9.17, 15) is 5.11 Å². The lowest BCUT2D eigenvalue weighted by Crippen LogP contribution is -2.15. The highest BCUT2D eigenvalue weighted by Crippen LogP contribution is 2.31. The number of phenols is 1. The van der Waals surface area contributed by atoms with Crippen molar-refractivity contribution in [3.8, 4) is 17.2 Å². The summed E-state index contributed by atoms with van der Waals surface area (Å²) in [4.78, 5) is 0. The van der Waals surface area contributed by atoms with Crippen LogP contribution in [0.2, 0.25) is 0 Å². The molecule has 0 aliphatic carbocycles. The maximum atomic E-state index is 9.75. The molecule has 0 spiro atoms. The third kappa shape index (κ3) is 2.95. The van der Waals surface area contributed by atoms with Crippen LogP contribution in [-0.4, -0.2) is 10.9 Å². The normalized spacial score (nSPS) is 11.3. The molecule has 0 radical (unpaired) electrons. The fraction of sp³-hybridized carbons (Fsp3) is 0.0714. The van der Waals surface area contributed by atoms with Gasteiger partial charge in [0, 0.05) is 5.56 Å². The van der Waals surface area contributed by atoms with Gasteiger partial charge in [0.25, 0.3) is 0 Å². The molecule has 2 rings (SSSR count). The van der Waals surface area contributed by atoms with Crippen molar-refractivity contribution in [1.29, 1.82) is 0 Å². The van der Waals surface area contributed by atoms with E-state index in [4.69, 9.17) is 16.3 Å². The predicted octanol–water partition coefficient (Wildman–Crippen LogP) is 2.07. The Hall–Kier alpha value is -2.69. The first-order valence-electron chi connectivity index (χ1n) is 5.71. The van der Waals surface area contributed by atoms with Crippen LogP contribution in [0.15, 0.2) is 47.6 Å². The molecule has 5 N–H and O–H groups in total. The summed E-state index contributed by atoms with van der Waals surface area (Å²) in [6, 6.07) is 12.2. The second kappa shape index (κ2) is 5.30. The van der Waals surface area contributed by atoms with Gasteiger partial charge in [-0.15, -0.1) is 0 Å². The van der Waals surface area contributed by atoms with Crippen LogP contribution in [0.4, 0.5) is 0 Å². The molecule has 0 heterocycles. The number of ether oxygens (including phenoxy) is 1. The van der Waals surface area contributed by atoms with Crippen LogP contribution in [0.3, 0.4) is 0 Å². The third-order valence-electron chi connectivity index (χ3n) is 2.63. The van der Waals surface area contributed by atoms with Crippen molar-refractivity contribution in [3.63, 3.8) is 0 Å². The minimum Gasteiger partial charge on any atom is -0.504 e. The number of hydrogen-bond acceptors (Lipinski definition) is 4. The topological polar surface area (TPSA) is 93.9 Å². The van der Waals surface area contributed by atoms with Gasteiger partial charge in [0.1, 0.15) is 11.6 Å². The van der Waals surface area contributed by atoms with Crippen molar-refractivity contribution in [2.24, 2.45) is 16.7 Å². The quantitative estimate of drug-likeness (QED) is 0.339. The molecule has 0 fully saturated rings. The number of aryl methyl sites for hydroxylation is 1. The number of hydrazone groups is 1. The van der Waals surface area contributed by atoms with E-state index in [0.29, 0.717) is 17.1 Å². The zero-order chi connectivity index (χ0) is 13.8. The van der Waals surface area contributed by atoms with Crippen LogP contribution in [0.5, 0.6) is 17.2 Å². The van der Waals surface area contributed by atoms with Gasteiger partial charge in [-0.2, -0.15) is 5.10 Å². The van der Waals surface area contributed by atoms with E-state index in [2.05, 4.69) is 5.10 Å². The smallest absolute Gasteiger partial charge is 0.169 e. The molecule has 0 bridgehead atoms. The summed E-state index contributed by atoms with van der Waals surface area (Å²) in [5.41, 5.74) is 7.26. The number of phenolic OH excluding ortho intramolecular Hbond substituents is 1. The Morgan fingerprint density at radius 2 is 1.84 bits per heavy atom. The SMILES string of the molecule is Cc1ccc(Oc2ccc(/C(N)=N/N)cc2)c(O)c1. The van der Waals surface area contributed by atoms with Crippen molar-refractivity contribution < 1.29 is 9.84 Å². The van der Waals surface area contributed by atoms with Gasteiger partial charge in [0.2, 0.25) is 0 Å². The maximum absolute atomic E-state index is 9.75. The predicted molar refractivity (Wildman–Crippen MR) is 74.3 cm³/mol. The molecule has 5 nitrogen and oxygen atoms in total. The fourth-order valence-corrected chi connectivity index (χ4v) is 1.61. The molecule has 0 aliphatic rings. The number of rotatable bonds is 3. The second-order valence-electron chi connectivity index (χ2n) is 4.11. The summed E-state index contributed by atoms with van der Waals surface area (Å²) < 4.78 is 5.57. The molecule has 2 aromatic carbocycles. The number of benzene rings is 2. The van der Waals surface area contributed by atoms with Crippen LogP contribution in [0.1, 0.15) is 11.1 Å². The van der Waals surface area contributed by atoms with Crippen molar-refractivity contribution >= 4 is 5.84 Å². The van der Waals surface area contributed by atoms with Gasteiger partial charge in [0.15, 0.2) is 11.5 Å². The lowest BCUT2D eigenvalue weighted by Gasteiger charge is -2.08. The summed E-state index contributed by atoms with van der Waals surface area (Å²) in [5, 5.41) is 13.2. The summed E-state index contributed by atoms with van der Waals surface area (Å²) in [7, 11) is 0. The Labute approximate surface area is 111 Å². The van der Waals surface area contributed by atoms with E-state index < -0.39 is 0 Å². The number of nitrogens with two attached hydrogens (primary N) is 2. The van der Waals surface area contributed by atoms with Gasteiger partial charge in [-0.25, -0.2) is 0 Å². The number of nitrogens with zero attached hydrogens (tertiary/aromatic N) is 1. The van der Waals surface area contributed by atoms with Gasteiger partial charge < -0.3 is 21.4 Å². The van der Waals surface area contributed by atoms with Crippen molar-refractivity contribution in [2.45, 2.75) is 6.92 Å². The molecule has 0 atom stereocenters. The highest BCUT2D eigenvalue weighted by molar-refractivity contribution is 5.97. The Bertz CT molecular complexity index is 607. The molecule has 5 heteroatoms. The molecule has 0 unspecified atom stereocenters. The monoisotopic (exact) mass is 257 g/mol. The largest absolute Gasteiger partial charge is 0.504 e. The first kappa shape index (κ1) is 12.8. The van der Waals surface area contributed by atoms with E-state index in [0.717, 1.165) is 5.56 Å². The van der Waals surface area contributed by atoms with Crippen molar-refractivity contribution in [3.05, 3.63) is 53.6 Å². The van der Waals surface area contributed by atoms with E-state index in [-0.39, 0.29) is 11.6 Å². The first-order chi connectivity index (χ1) is 9.10. The molecular weight excluding hydrogens is 242 g/mol. The van der Waals surface area contributed by atoms with Crippen LogP contribution < -0.4 is 16.3 Å². The van der Waals surface area contributed by atoms with Crippen molar-refractivity contribution in [1.82, 2.24) is 0 Å². The van der Waals surface area contributed by atoms with Crippen LogP contribution >= 0.6 is 0 Å². The first-order valence-corrected chi connectivity index (χ1v) is 5.71. The molecule has 0 saturated heterocycles. The van der Waals surface area contributed by atoms with Gasteiger partial charge >= 0.3 is 0 Å².